The van der Waals surface area contributed by atoms with Gasteiger partial charge in [0, 0.05) is 13.0 Å². The molecule has 1 aliphatic rings. The van der Waals surface area contributed by atoms with E-state index in [9.17, 15) is 9.59 Å². The average Bonchev–Trinajstić information content (AvgIpc) is 2.69. The molecule has 0 N–H and O–H groups in total. The summed E-state index contributed by atoms with van der Waals surface area (Å²) in [5.74, 6) is 0.0943. The van der Waals surface area contributed by atoms with Crippen molar-refractivity contribution >= 4 is 11.9 Å². The highest BCUT2D eigenvalue weighted by molar-refractivity contribution is 5.88. The molecule has 0 aromatic heterocycles. The van der Waals surface area contributed by atoms with Crippen molar-refractivity contribution in [3.63, 3.8) is 0 Å². The Morgan fingerprint density at radius 3 is 2.57 bits per heavy atom. The predicted octanol–water partition coefficient (Wildman–Crippen LogP) is 4.10. The number of carbonyl (C=O) groups is 2. The Hall–Kier alpha value is -2.10. The Morgan fingerprint density at radius 1 is 1.22 bits per heavy atom. The maximum atomic E-state index is 12.6. The van der Waals surface area contributed by atoms with Crippen LogP contribution in [0.3, 0.4) is 0 Å². The minimum Gasteiger partial charge on any atom is -0.444 e. The summed E-state index contributed by atoms with van der Waals surface area (Å²) in [5.41, 5.74) is 0.398. The van der Waals surface area contributed by atoms with Gasteiger partial charge in [-0.1, -0.05) is 42.5 Å². The number of carbonyl (C=O) groups excluding carboxylic acids is 2. The van der Waals surface area contributed by atoms with Crippen LogP contribution in [0.25, 0.3) is 0 Å². The fraction of sp³-hybridized carbons (Fsp3) is 0.474. The third-order valence-electron chi connectivity index (χ3n) is 3.66. The molecule has 1 aromatic carbocycles. The van der Waals surface area contributed by atoms with Gasteiger partial charge in [0.15, 0.2) is 5.78 Å². The first-order valence-electron chi connectivity index (χ1n) is 8.08. The van der Waals surface area contributed by atoms with Gasteiger partial charge < -0.3 is 4.74 Å². The van der Waals surface area contributed by atoms with E-state index in [4.69, 9.17) is 4.74 Å². The maximum Gasteiger partial charge on any atom is 0.411 e. The fourth-order valence-electron chi connectivity index (χ4n) is 2.57. The third-order valence-corrected chi connectivity index (χ3v) is 3.66. The summed E-state index contributed by atoms with van der Waals surface area (Å²) in [7, 11) is 0. The molecule has 0 spiro atoms. The highest BCUT2D eigenvalue weighted by Gasteiger charge is 2.32. The number of hydrogen-bond acceptors (Lipinski definition) is 3. The van der Waals surface area contributed by atoms with Crippen molar-refractivity contribution in [1.29, 1.82) is 0 Å². The van der Waals surface area contributed by atoms with Gasteiger partial charge in [-0.05, 0) is 39.2 Å². The Morgan fingerprint density at radius 2 is 1.91 bits per heavy atom. The number of allylic oxidation sites excluding steroid dienone is 1. The summed E-state index contributed by atoms with van der Waals surface area (Å²) in [4.78, 5) is 26.6. The number of hydrogen-bond donors (Lipinski definition) is 0. The third kappa shape index (κ3) is 5.23. The summed E-state index contributed by atoms with van der Waals surface area (Å²) in [5, 5.41) is 0. The number of Topliss-reactive ketones (excluding diaryl/α,β-unsaturated/α-hetero) is 1. The summed E-state index contributed by atoms with van der Waals surface area (Å²) in [6, 6.07) is 9.24. The first-order chi connectivity index (χ1) is 10.9. The second-order valence-corrected chi connectivity index (χ2v) is 6.82. The molecule has 4 heteroatoms. The molecule has 0 aliphatic heterocycles. The summed E-state index contributed by atoms with van der Waals surface area (Å²) in [6.07, 6.45) is 5.31. The van der Waals surface area contributed by atoms with Crippen LogP contribution in [-0.4, -0.2) is 28.4 Å². The normalized spacial score (nSPS) is 18.4. The fourth-order valence-corrected chi connectivity index (χ4v) is 2.57. The zero-order chi connectivity index (χ0) is 16.9. The van der Waals surface area contributed by atoms with E-state index in [1.807, 2.05) is 63.3 Å². The lowest BCUT2D eigenvalue weighted by atomic mass is 10.1. The largest absolute Gasteiger partial charge is 0.444 e. The number of rotatable bonds is 3. The van der Waals surface area contributed by atoms with Crippen LogP contribution in [0.1, 0.15) is 45.6 Å². The van der Waals surface area contributed by atoms with Crippen molar-refractivity contribution in [1.82, 2.24) is 4.90 Å². The van der Waals surface area contributed by atoms with E-state index < -0.39 is 17.7 Å². The second-order valence-electron chi connectivity index (χ2n) is 6.82. The van der Waals surface area contributed by atoms with Crippen molar-refractivity contribution in [3.05, 3.63) is 48.0 Å². The molecule has 1 aromatic rings. The molecule has 1 unspecified atom stereocenters. The molecule has 0 fully saturated rings. The second kappa shape index (κ2) is 7.44. The van der Waals surface area contributed by atoms with Crippen LogP contribution in [0.5, 0.6) is 0 Å². The van der Waals surface area contributed by atoms with Gasteiger partial charge in [-0.25, -0.2) is 4.79 Å². The van der Waals surface area contributed by atoms with Crippen molar-refractivity contribution < 1.29 is 14.3 Å². The van der Waals surface area contributed by atoms with Crippen molar-refractivity contribution in [2.75, 3.05) is 0 Å². The molecule has 0 saturated heterocycles. The number of ether oxygens (including phenoxy) is 1. The van der Waals surface area contributed by atoms with Crippen LogP contribution in [0, 0.1) is 0 Å². The quantitative estimate of drug-likeness (QED) is 0.789. The molecule has 124 valence electrons. The average molecular weight is 315 g/mol. The lowest BCUT2D eigenvalue weighted by Gasteiger charge is -2.32. The number of benzene rings is 1. The van der Waals surface area contributed by atoms with Gasteiger partial charge >= 0.3 is 6.09 Å². The van der Waals surface area contributed by atoms with Gasteiger partial charge in [-0.15, -0.1) is 0 Å². The predicted molar refractivity (Wildman–Crippen MR) is 90.0 cm³/mol. The maximum absolute atomic E-state index is 12.6. The molecule has 0 radical (unpaired) electrons. The Kier molecular flexibility index (Phi) is 5.59. The first kappa shape index (κ1) is 17.3. The molecular weight excluding hydrogens is 290 g/mol. The van der Waals surface area contributed by atoms with Gasteiger partial charge in [-0.2, -0.15) is 0 Å². The SMILES string of the molecule is CC(C)(C)OC(=O)N(Cc1ccccc1)C1CC=CCCC1=O. The molecule has 4 nitrogen and oxygen atoms in total. The standard InChI is InChI=1S/C19H25NO3/c1-19(2,3)23-18(22)20(14-15-10-6-4-7-11-15)16-12-8-5-9-13-17(16)21/h4-8,10-11,16H,9,12-14H2,1-3H3. The molecule has 1 aliphatic carbocycles. The zero-order valence-corrected chi connectivity index (χ0v) is 14.1. The van der Waals surface area contributed by atoms with Gasteiger partial charge in [0.1, 0.15) is 5.60 Å². The molecule has 23 heavy (non-hydrogen) atoms. The van der Waals surface area contributed by atoms with E-state index in [1.54, 1.807) is 4.90 Å². The van der Waals surface area contributed by atoms with Gasteiger partial charge in [0.05, 0.1) is 6.04 Å². The number of ketones is 1. The van der Waals surface area contributed by atoms with Crippen LogP contribution in [0.15, 0.2) is 42.5 Å². The number of nitrogens with zero attached hydrogens (tertiary/aromatic N) is 1. The summed E-state index contributed by atoms with van der Waals surface area (Å²) < 4.78 is 5.53. The molecule has 1 amide bonds. The van der Waals surface area contributed by atoms with Gasteiger partial charge in [0.2, 0.25) is 0 Å². The van der Waals surface area contributed by atoms with E-state index in [2.05, 4.69) is 0 Å². The molecular formula is C19H25NO3. The smallest absolute Gasteiger partial charge is 0.411 e. The van der Waals surface area contributed by atoms with E-state index in [1.165, 1.54) is 0 Å². The minimum atomic E-state index is -0.588. The first-order valence-corrected chi connectivity index (χ1v) is 8.08. The van der Waals surface area contributed by atoms with Crippen LogP contribution in [0.2, 0.25) is 0 Å². The molecule has 0 heterocycles. The molecule has 1 atom stereocenters. The van der Waals surface area contributed by atoms with Crippen LogP contribution >= 0.6 is 0 Å². The van der Waals surface area contributed by atoms with Crippen LogP contribution < -0.4 is 0 Å². The van der Waals surface area contributed by atoms with Crippen LogP contribution in [0.4, 0.5) is 4.79 Å². The monoisotopic (exact) mass is 315 g/mol. The number of amides is 1. The molecule has 2 rings (SSSR count). The van der Waals surface area contributed by atoms with E-state index in [0.717, 1.165) is 12.0 Å². The van der Waals surface area contributed by atoms with E-state index in [-0.39, 0.29) is 5.78 Å². The van der Waals surface area contributed by atoms with Gasteiger partial charge in [0.25, 0.3) is 0 Å². The van der Waals surface area contributed by atoms with Crippen molar-refractivity contribution in [3.8, 4) is 0 Å². The van der Waals surface area contributed by atoms with Gasteiger partial charge in [-0.3, -0.25) is 9.69 Å². The Bertz CT molecular complexity index is 572. The summed E-state index contributed by atoms with van der Waals surface area (Å²) in [6.45, 7) is 5.88. The Balaban J connectivity index is 2.24. The zero-order valence-electron chi connectivity index (χ0n) is 14.1. The van der Waals surface area contributed by atoms with Crippen LogP contribution in [-0.2, 0) is 16.1 Å². The minimum absolute atomic E-state index is 0.0943. The molecule has 0 bridgehead atoms. The highest BCUT2D eigenvalue weighted by atomic mass is 16.6. The highest BCUT2D eigenvalue weighted by Crippen LogP contribution is 2.21. The van der Waals surface area contributed by atoms with Crippen molar-refractivity contribution in [2.45, 2.75) is 58.2 Å². The van der Waals surface area contributed by atoms with Crippen molar-refractivity contribution in [2.24, 2.45) is 0 Å². The van der Waals surface area contributed by atoms with E-state index >= 15 is 0 Å². The molecule has 0 saturated carbocycles. The Labute approximate surface area is 138 Å². The topological polar surface area (TPSA) is 46.6 Å². The lowest BCUT2D eigenvalue weighted by Crippen LogP contribution is -2.46. The lowest BCUT2D eigenvalue weighted by molar-refractivity contribution is -0.124. The van der Waals surface area contributed by atoms with E-state index in [0.29, 0.717) is 19.4 Å². The summed E-state index contributed by atoms with van der Waals surface area (Å²) >= 11 is 0.